The van der Waals surface area contributed by atoms with Crippen LogP contribution in [0.25, 0.3) is 65.8 Å². The molecule has 1 aliphatic heterocycles. The zero-order valence-corrected chi connectivity index (χ0v) is 39.4. The third-order valence-corrected chi connectivity index (χ3v) is 15.3. The Morgan fingerprint density at radius 3 is 1.51 bits per heavy atom. The fourth-order valence-electron chi connectivity index (χ4n) is 10.9. The molecule has 0 bridgehead atoms. The number of rotatable bonds is 10. The summed E-state index contributed by atoms with van der Waals surface area (Å²) in [5.41, 5.74) is 16.2. The molecule has 3 heterocycles. The Labute approximate surface area is 415 Å². The molecule has 2 aromatic heterocycles. The maximum absolute atomic E-state index is 6.75. The van der Waals surface area contributed by atoms with Crippen LogP contribution in [-0.2, 0) is 6.42 Å². The standard InChI is InChI=1S/C66H44N2O2S/c1-5-15-44(16-6-1)57(37-43-27-32-55-56-25-13-17-45-18-14-26-64(66(45)56)71-65(55)38-43)46-28-35-60-58(39-46)53-33-30-52(42-62(53)69-60)68(49-23-11-4-12-24-49)50-31-36-61-59(40-50)54-34-29-51(41-63(54)70-61)67(47-19-7-2-8-20-47)48-21-9-3-10-22-48/h1-36,38-42,57H,37H2. The maximum Gasteiger partial charge on any atom is 0.137 e. The van der Waals surface area contributed by atoms with Crippen molar-refractivity contribution in [3.63, 3.8) is 0 Å². The van der Waals surface area contributed by atoms with Crippen molar-refractivity contribution < 1.29 is 8.83 Å². The number of furan rings is 2. The Kier molecular flexibility index (Phi) is 9.88. The lowest BCUT2D eigenvalue weighted by atomic mass is 9.85. The van der Waals surface area contributed by atoms with E-state index in [2.05, 4.69) is 246 Å². The van der Waals surface area contributed by atoms with Crippen LogP contribution in [0, 0.1) is 0 Å². The zero-order valence-electron chi connectivity index (χ0n) is 38.6. The monoisotopic (exact) mass is 928 g/mol. The first-order valence-corrected chi connectivity index (χ1v) is 25.0. The van der Waals surface area contributed by atoms with Crippen LogP contribution in [-0.4, -0.2) is 0 Å². The Balaban J connectivity index is 0.819. The van der Waals surface area contributed by atoms with Gasteiger partial charge in [0.25, 0.3) is 0 Å². The van der Waals surface area contributed by atoms with Crippen molar-refractivity contribution in [1.82, 2.24) is 0 Å². The highest BCUT2D eigenvalue weighted by Crippen LogP contribution is 2.49. The summed E-state index contributed by atoms with van der Waals surface area (Å²) in [6.07, 6.45) is 0.873. The first-order valence-electron chi connectivity index (χ1n) is 24.2. The van der Waals surface area contributed by atoms with Crippen molar-refractivity contribution >= 4 is 101 Å². The third kappa shape index (κ3) is 7.24. The second-order valence-electron chi connectivity index (χ2n) is 18.4. The molecule has 0 saturated carbocycles. The van der Waals surface area contributed by atoms with Gasteiger partial charge in [-0.2, -0.15) is 0 Å². The van der Waals surface area contributed by atoms with Crippen molar-refractivity contribution in [3.8, 4) is 11.1 Å². The number of anilines is 6. The molecule has 0 aliphatic carbocycles. The van der Waals surface area contributed by atoms with Crippen LogP contribution in [0.4, 0.5) is 34.1 Å². The molecule has 336 valence electrons. The first kappa shape index (κ1) is 41.2. The van der Waals surface area contributed by atoms with Gasteiger partial charge in [-0.1, -0.05) is 145 Å². The second-order valence-corrected chi connectivity index (χ2v) is 19.5. The topological polar surface area (TPSA) is 32.8 Å². The minimum absolute atomic E-state index is 0.146. The molecule has 13 aromatic rings. The van der Waals surface area contributed by atoms with Crippen LogP contribution < -0.4 is 9.80 Å². The van der Waals surface area contributed by atoms with Gasteiger partial charge >= 0.3 is 0 Å². The fraction of sp³-hybridized carbons (Fsp3) is 0.0303. The van der Waals surface area contributed by atoms with E-state index >= 15 is 0 Å². The van der Waals surface area contributed by atoms with E-state index in [-0.39, 0.29) is 5.92 Å². The van der Waals surface area contributed by atoms with Crippen LogP contribution in [0.3, 0.4) is 0 Å². The summed E-state index contributed by atoms with van der Waals surface area (Å²) in [6, 6.07) is 89.3. The van der Waals surface area contributed by atoms with Crippen LogP contribution in [0.5, 0.6) is 0 Å². The minimum Gasteiger partial charge on any atom is -0.456 e. The summed E-state index contributed by atoms with van der Waals surface area (Å²) in [7, 11) is 0. The van der Waals surface area contributed by atoms with Gasteiger partial charge in [-0.15, -0.1) is 0 Å². The Hall–Kier alpha value is -8.77. The Bertz CT molecular complexity index is 4080. The average molecular weight is 929 g/mol. The number of hydrogen-bond donors (Lipinski definition) is 0. The van der Waals surface area contributed by atoms with Gasteiger partial charge in [0.1, 0.15) is 22.3 Å². The molecule has 0 N–H and O–H groups in total. The molecule has 0 fully saturated rings. The second kappa shape index (κ2) is 17.0. The first-order chi connectivity index (χ1) is 35.2. The summed E-state index contributed by atoms with van der Waals surface area (Å²) in [5.74, 6) is 0.146. The van der Waals surface area contributed by atoms with Gasteiger partial charge in [0, 0.05) is 88.9 Å². The van der Waals surface area contributed by atoms with E-state index in [1.165, 1.54) is 48.4 Å². The van der Waals surface area contributed by atoms with Gasteiger partial charge in [0.15, 0.2) is 0 Å². The number of benzene rings is 11. The molecule has 14 rings (SSSR count). The molecular weight excluding hydrogens is 885 g/mol. The van der Waals surface area contributed by atoms with E-state index in [9.17, 15) is 0 Å². The van der Waals surface area contributed by atoms with E-state index < -0.39 is 0 Å². The molecule has 0 saturated heterocycles. The number of hydrogen-bond acceptors (Lipinski definition) is 5. The Morgan fingerprint density at radius 2 is 0.873 bits per heavy atom. The molecule has 1 atom stereocenters. The highest BCUT2D eigenvalue weighted by Gasteiger charge is 2.24. The van der Waals surface area contributed by atoms with Gasteiger partial charge < -0.3 is 18.6 Å². The van der Waals surface area contributed by atoms with E-state index in [0.29, 0.717) is 0 Å². The highest BCUT2D eigenvalue weighted by atomic mass is 32.2. The largest absolute Gasteiger partial charge is 0.456 e. The molecule has 1 unspecified atom stereocenters. The lowest BCUT2D eigenvalue weighted by Crippen LogP contribution is -2.09. The summed E-state index contributed by atoms with van der Waals surface area (Å²) >= 11 is 1.89. The quantitative estimate of drug-likeness (QED) is 0.136. The number of nitrogens with zero attached hydrogens (tertiary/aromatic N) is 2. The smallest absolute Gasteiger partial charge is 0.137 e. The SMILES string of the molecule is c1ccc(C(Cc2ccc3c(c2)Sc2cccc4cccc-3c24)c2ccc3oc4cc(N(c5ccccc5)c5ccc6oc7cc(N(c8ccccc8)c8ccccc8)ccc7c6c5)ccc4c3c2)cc1. The molecule has 5 heteroatoms. The van der Waals surface area contributed by atoms with Crippen molar-refractivity contribution in [1.29, 1.82) is 0 Å². The zero-order chi connectivity index (χ0) is 46.8. The summed E-state index contributed by atoms with van der Waals surface area (Å²) in [4.78, 5) is 7.21. The minimum atomic E-state index is 0.146. The Morgan fingerprint density at radius 1 is 0.338 bits per heavy atom. The van der Waals surface area contributed by atoms with Crippen molar-refractivity contribution in [3.05, 3.63) is 265 Å². The number of para-hydroxylation sites is 3. The van der Waals surface area contributed by atoms with Gasteiger partial charge in [0.2, 0.25) is 0 Å². The van der Waals surface area contributed by atoms with Gasteiger partial charge in [0.05, 0.1) is 0 Å². The normalized spacial score (nSPS) is 12.5. The molecule has 0 spiro atoms. The van der Waals surface area contributed by atoms with Crippen LogP contribution in [0.1, 0.15) is 22.6 Å². The fourth-order valence-corrected chi connectivity index (χ4v) is 12.1. The summed E-state index contributed by atoms with van der Waals surface area (Å²) in [5, 5.41) is 6.98. The average Bonchev–Trinajstić information content (AvgIpc) is 3.98. The number of fused-ring (bicyclic) bond motifs is 8. The lowest BCUT2D eigenvalue weighted by molar-refractivity contribution is 0.668. The lowest BCUT2D eigenvalue weighted by Gasteiger charge is -2.25. The van der Waals surface area contributed by atoms with Crippen molar-refractivity contribution in [2.24, 2.45) is 0 Å². The maximum atomic E-state index is 6.75. The van der Waals surface area contributed by atoms with Gasteiger partial charge in [-0.3, -0.25) is 0 Å². The molecule has 0 radical (unpaired) electrons. The van der Waals surface area contributed by atoms with E-state index in [4.69, 9.17) is 8.83 Å². The van der Waals surface area contributed by atoms with Gasteiger partial charge in [-0.05, 0) is 143 Å². The predicted octanol–water partition coefficient (Wildman–Crippen LogP) is 19.1. The molecule has 71 heavy (non-hydrogen) atoms. The predicted molar refractivity (Wildman–Crippen MR) is 296 cm³/mol. The van der Waals surface area contributed by atoms with Crippen LogP contribution >= 0.6 is 11.8 Å². The van der Waals surface area contributed by atoms with E-state index in [1.807, 2.05) is 23.9 Å². The molecular formula is C66H44N2O2S. The van der Waals surface area contributed by atoms with Gasteiger partial charge in [-0.25, -0.2) is 0 Å². The summed E-state index contributed by atoms with van der Waals surface area (Å²) in [6.45, 7) is 0. The van der Waals surface area contributed by atoms with Crippen molar-refractivity contribution in [2.75, 3.05) is 9.80 Å². The molecule has 1 aliphatic rings. The third-order valence-electron chi connectivity index (χ3n) is 14.2. The highest BCUT2D eigenvalue weighted by molar-refractivity contribution is 7.99. The molecule has 11 aromatic carbocycles. The molecule has 0 amide bonds. The van der Waals surface area contributed by atoms with Crippen LogP contribution in [0.15, 0.2) is 267 Å². The van der Waals surface area contributed by atoms with E-state index in [1.54, 1.807) is 0 Å². The van der Waals surface area contributed by atoms with Crippen LogP contribution in [0.2, 0.25) is 0 Å². The van der Waals surface area contributed by atoms with E-state index in [0.717, 1.165) is 84.4 Å². The molecule has 4 nitrogen and oxygen atoms in total. The summed E-state index contributed by atoms with van der Waals surface area (Å²) < 4.78 is 13.4. The van der Waals surface area contributed by atoms with Crippen molar-refractivity contribution in [2.45, 2.75) is 22.1 Å².